The van der Waals surface area contributed by atoms with Crippen LogP contribution in [-0.2, 0) is 17.9 Å². The summed E-state index contributed by atoms with van der Waals surface area (Å²) in [6, 6.07) is -0.373. The third-order valence-electron chi connectivity index (χ3n) is 3.48. The van der Waals surface area contributed by atoms with Crippen molar-refractivity contribution in [1.29, 1.82) is 0 Å². The Morgan fingerprint density at radius 3 is 3.05 bits per heavy atom. The van der Waals surface area contributed by atoms with Crippen LogP contribution in [0.4, 0.5) is 13.6 Å². The first-order valence-corrected chi connectivity index (χ1v) is 6.72. The number of piperidine rings is 1. The highest BCUT2D eigenvalue weighted by atomic mass is 19.3. The van der Waals surface area contributed by atoms with Crippen LogP contribution >= 0.6 is 0 Å². The SMILES string of the molecule is COCc1n[nH]c(CNC(=O)N2CCC(F)(F)C(C)C2)n1. The number of nitrogens with one attached hydrogen (secondary N) is 2. The summed E-state index contributed by atoms with van der Waals surface area (Å²) in [6.07, 6.45) is -0.304. The highest BCUT2D eigenvalue weighted by molar-refractivity contribution is 5.74. The smallest absolute Gasteiger partial charge is 0.317 e. The number of carbonyl (C=O) groups is 1. The number of H-pyrrole nitrogens is 1. The number of carbonyl (C=O) groups excluding carboxylic acids is 1. The molecule has 1 aliphatic rings. The monoisotopic (exact) mass is 303 g/mol. The van der Waals surface area contributed by atoms with Crippen LogP contribution in [0.25, 0.3) is 0 Å². The summed E-state index contributed by atoms with van der Waals surface area (Å²) in [5.41, 5.74) is 0. The molecule has 0 bridgehead atoms. The van der Waals surface area contributed by atoms with Gasteiger partial charge in [0.05, 0.1) is 6.54 Å². The van der Waals surface area contributed by atoms with E-state index in [1.54, 1.807) is 0 Å². The first-order valence-electron chi connectivity index (χ1n) is 6.72. The molecule has 1 aromatic heterocycles. The zero-order chi connectivity index (χ0) is 15.5. The number of hydrogen-bond donors (Lipinski definition) is 2. The fourth-order valence-corrected chi connectivity index (χ4v) is 2.15. The standard InChI is InChI=1S/C12H19F2N5O2/c1-8-6-19(4-3-12(8,13)14)11(20)15-5-9-16-10(7-21-2)18-17-9/h8H,3-7H2,1-2H3,(H,15,20)(H,16,17,18). The molecule has 0 aromatic carbocycles. The number of aromatic nitrogens is 3. The second kappa shape index (κ2) is 6.33. The summed E-state index contributed by atoms with van der Waals surface area (Å²) < 4.78 is 31.6. The fraction of sp³-hybridized carbons (Fsp3) is 0.750. The van der Waals surface area contributed by atoms with Gasteiger partial charge in [-0.05, 0) is 0 Å². The minimum absolute atomic E-state index is 0.0458. The van der Waals surface area contributed by atoms with Gasteiger partial charge in [-0.1, -0.05) is 6.92 Å². The van der Waals surface area contributed by atoms with Gasteiger partial charge in [-0.15, -0.1) is 0 Å². The van der Waals surface area contributed by atoms with Gasteiger partial charge in [0.15, 0.2) is 5.82 Å². The second-order valence-electron chi connectivity index (χ2n) is 5.15. The highest BCUT2D eigenvalue weighted by Gasteiger charge is 2.42. The van der Waals surface area contributed by atoms with E-state index in [0.717, 1.165) is 0 Å². The summed E-state index contributed by atoms with van der Waals surface area (Å²) in [6.45, 7) is 1.99. The number of likely N-dealkylation sites (tertiary alicyclic amines) is 1. The molecule has 0 radical (unpaired) electrons. The molecule has 1 fully saturated rings. The predicted octanol–water partition coefficient (Wildman–Crippen LogP) is 1.14. The van der Waals surface area contributed by atoms with Gasteiger partial charge in [0.25, 0.3) is 5.92 Å². The molecule has 0 aliphatic carbocycles. The molecule has 7 nitrogen and oxygen atoms in total. The molecule has 0 spiro atoms. The number of nitrogens with zero attached hydrogens (tertiary/aromatic N) is 3. The molecule has 1 aliphatic heterocycles. The number of amides is 2. The third kappa shape index (κ3) is 3.87. The molecule has 1 saturated heterocycles. The number of halogens is 2. The summed E-state index contributed by atoms with van der Waals surface area (Å²) >= 11 is 0. The van der Waals surface area contributed by atoms with E-state index in [1.165, 1.54) is 18.9 Å². The minimum atomic E-state index is -2.70. The van der Waals surface area contributed by atoms with Gasteiger partial charge in [0.1, 0.15) is 12.4 Å². The normalized spacial score (nSPS) is 21.3. The molecule has 1 aromatic rings. The lowest BCUT2D eigenvalue weighted by molar-refractivity contribution is -0.0906. The zero-order valence-corrected chi connectivity index (χ0v) is 12.0. The van der Waals surface area contributed by atoms with Crippen molar-refractivity contribution in [2.24, 2.45) is 5.92 Å². The molecule has 9 heteroatoms. The Hall–Kier alpha value is -1.77. The Morgan fingerprint density at radius 1 is 1.62 bits per heavy atom. The molecule has 1 atom stereocenters. The highest BCUT2D eigenvalue weighted by Crippen LogP contribution is 2.32. The fourth-order valence-electron chi connectivity index (χ4n) is 2.15. The number of ether oxygens (including phenoxy) is 1. The molecule has 2 heterocycles. The van der Waals surface area contributed by atoms with Crippen molar-refractivity contribution in [3.63, 3.8) is 0 Å². The van der Waals surface area contributed by atoms with Crippen LogP contribution in [0.1, 0.15) is 25.0 Å². The summed E-state index contributed by atoms with van der Waals surface area (Å²) in [5.74, 6) is -2.55. The lowest BCUT2D eigenvalue weighted by Crippen LogP contribution is -2.51. The van der Waals surface area contributed by atoms with Gasteiger partial charge in [0, 0.05) is 32.5 Å². The van der Waals surface area contributed by atoms with Crippen LogP contribution < -0.4 is 5.32 Å². The maximum atomic E-state index is 13.4. The van der Waals surface area contributed by atoms with E-state index in [4.69, 9.17) is 4.74 Å². The third-order valence-corrected chi connectivity index (χ3v) is 3.48. The minimum Gasteiger partial charge on any atom is -0.377 e. The average Bonchev–Trinajstić information content (AvgIpc) is 2.87. The van der Waals surface area contributed by atoms with Crippen LogP contribution in [0, 0.1) is 5.92 Å². The van der Waals surface area contributed by atoms with Crippen molar-refractivity contribution in [3.8, 4) is 0 Å². The van der Waals surface area contributed by atoms with Crippen LogP contribution in [0.5, 0.6) is 0 Å². The Morgan fingerprint density at radius 2 is 2.38 bits per heavy atom. The maximum absolute atomic E-state index is 13.4. The summed E-state index contributed by atoms with van der Waals surface area (Å²) in [7, 11) is 1.53. The second-order valence-corrected chi connectivity index (χ2v) is 5.15. The summed E-state index contributed by atoms with van der Waals surface area (Å²) in [4.78, 5) is 17.5. The quantitative estimate of drug-likeness (QED) is 0.873. The van der Waals surface area contributed by atoms with E-state index in [9.17, 15) is 13.6 Å². The van der Waals surface area contributed by atoms with E-state index >= 15 is 0 Å². The molecular weight excluding hydrogens is 284 g/mol. The summed E-state index contributed by atoms with van der Waals surface area (Å²) in [5, 5.41) is 9.22. The Labute approximate surface area is 121 Å². The number of alkyl halides is 2. The van der Waals surface area contributed by atoms with Gasteiger partial charge in [-0.2, -0.15) is 5.10 Å². The topological polar surface area (TPSA) is 83.1 Å². The van der Waals surface area contributed by atoms with Crippen molar-refractivity contribution in [2.75, 3.05) is 20.2 Å². The molecule has 2 amide bonds. The van der Waals surface area contributed by atoms with Crippen LogP contribution in [0.2, 0.25) is 0 Å². The van der Waals surface area contributed by atoms with E-state index in [-0.39, 0.29) is 38.7 Å². The van der Waals surface area contributed by atoms with Crippen molar-refractivity contribution in [3.05, 3.63) is 11.6 Å². The van der Waals surface area contributed by atoms with E-state index in [1.807, 2.05) is 0 Å². The van der Waals surface area contributed by atoms with Gasteiger partial charge in [0.2, 0.25) is 0 Å². The van der Waals surface area contributed by atoms with Gasteiger partial charge >= 0.3 is 6.03 Å². The van der Waals surface area contributed by atoms with Gasteiger partial charge < -0.3 is 15.0 Å². The Balaban J connectivity index is 1.82. The van der Waals surface area contributed by atoms with Crippen molar-refractivity contribution < 1.29 is 18.3 Å². The van der Waals surface area contributed by atoms with Gasteiger partial charge in [-0.3, -0.25) is 5.10 Å². The number of rotatable bonds is 4. The predicted molar refractivity (Wildman–Crippen MR) is 69.6 cm³/mol. The lowest BCUT2D eigenvalue weighted by atomic mass is 9.96. The van der Waals surface area contributed by atoms with Crippen LogP contribution in [0.3, 0.4) is 0 Å². The first kappa shape index (κ1) is 15.6. The first-order chi connectivity index (χ1) is 9.92. The molecule has 1 unspecified atom stereocenters. The zero-order valence-electron chi connectivity index (χ0n) is 12.0. The molecule has 2 rings (SSSR count). The average molecular weight is 303 g/mol. The molecule has 0 saturated carbocycles. The van der Waals surface area contributed by atoms with Gasteiger partial charge in [-0.25, -0.2) is 18.6 Å². The van der Waals surface area contributed by atoms with E-state index < -0.39 is 11.8 Å². The molecule has 2 N–H and O–H groups in total. The molecule has 21 heavy (non-hydrogen) atoms. The van der Waals surface area contributed by atoms with Crippen LogP contribution in [-0.4, -0.2) is 52.2 Å². The largest absolute Gasteiger partial charge is 0.377 e. The Bertz CT molecular complexity index is 494. The van der Waals surface area contributed by atoms with E-state index in [2.05, 4.69) is 20.5 Å². The number of urea groups is 1. The van der Waals surface area contributed by atoms with E-state index in [0.29, 0.717) is 11.6 Å². The molecule has 118 valence electrons. The number of methoxy groups -OCH3 is 1. The Kier molecular flexibility index (Phi) is 4.71. The number of aromatic amines is 1. The van der Waals surface area contributed by atoms with Crippen molar-refractivity contribution in [1.82, 2.24) is 25.4 Å². The van der Waals surface area contributed by atoms with Crippen LogP contribution in [0.15, 0.2) is 0 Å². The number of hydrogen-bond acceptors (Lipinski definition) is 4. The van der Waals surface area contributed by atoms with Crippen molar-refractivity contribution >= 4 is 6.03 Å². The molecular formula is C12H19F2N5O2. The maximum Gasteiger partial charge on any atom is 0.317 e. The lowest BCUT2D eigenvalue weighted by Gasteiger charge is -2.36. The van der Waals surface area contributed by atoms with Crippen molar-refractivity contribution in [2.45, 2.75) is 32.4 Å².